The van der Waals surface area contributed by atoms with Crippen LogP contribution in [0.2, 0.25) is 0 Å². The summed E-state index contributed by atoms with van der Waals surface area (Å²) in [5.41, 5.74) is 1.87. The van der Waals surface area contributed by atoms with E-state index in [0.29, 0.717) is 5.57 Å². The molecule has 0 aromatic heterocycles. The molecule has 0 fully saturated rings. The summed E-state index contributed by atoms with van der Waals surface area (Å²) in [5, 5.41) is 0. The number of hydrogen-bond donors (Lipinski definition) is 0. The molecule has 0 radical (unpaired) electrons. The number of hydrogen-bond acceptors (Lipinski definition) is 2. The minimum atomic E-state index is -0.0730. The molecule has 2 nitrogen and oxygen atoms in total. The molecule has 0 saturated carbocycles. The Kier molecular flexibility index (Phi) is 2.14. The maximum absolute atomic E-state index is 11.8. The van der Waals surface area contributed by atoms with E-state index in [1.165, 1.54) is 11.6 Å². The predicted octanol–water partition coefficient (Wildman–Crippen LogP) is 2.06. The Hall–Kier alpha value is -1.18. The molecule has 2 aliphatic carbocycles. The van der Waals surface area contributed by atoms with Crippen molar-refractivity contribution in [3.8, 4) is 0 Å². The van der Waals surface area contributed by atoms with Crippen molar-refractivity contribution in [3.05, 3.63) is 23.3 Å². The molecule has 2 rings (SSSR count). The first-order valence-corrected chi connectivity index (χ1v) is 5.01. The lowest BCUT2D eigenvalue weighted by Gasteiger charge is -2.31. The third kappa shape index (κ3) is 1.35. The van der Waals surface area contributed by atoms with Gasteiger partial charge in [-0.1, -0.05) is 11.6 Å². The first-order valence-electron chi connectivity index (χ1n) is 5.01. The van der Waals surface area contributed by atoms with Gasteiger partial charge in [-0.15, -0.1) is 0 Å². The molecular weight excluding hydrogens is 176 g/mol. The van der Waals surface area contributed by atoms with Crippen LogP contribution < -0.4 is 0 Å². The Bertz CT molecular complexity index is 361. The number of rotatable bonds is 0. The van der Waals surface area contributed by atoms with E-state index in [9.17, 15) is 9.59 Å². The summed E-state index contributed by atoms with van der Waals surface area (Å²) in [5.74, 6) is 0.158. The molecule has 0 saturated heterocycles. The normalized spacial score (nSPS) is 32.1. The summed E-state index contributed by atoms with van der Waals surface area (Å²) >= 11 is 0. The van der Waals surface area contributed by atoms with Gasteiger partial charge in [-0.25, -0.2) is 0 Å². The lowest BCUT2D eigenvalue weighted by atomic mass is 9.71. The van der Waals surface area contributed by atoms with E-state index in [1.807, 2.05) is 6.92 Å². The van der Waals surface area contributed by atoms with E-state index in [0.717, 1.165) is 12.8 Å². The first-order chi connectivity index (χ1) is 6.59. The Labute approximate surface area is 83.7 Å². The maximum Gasteiger partial charge on any atom is 0.162 e. The quantitative estimate of drug-likeness (QED) is 0.548. The number of carbonyl (C=O) groups is 2. The van der Waals surface area contributed by atoms with Crippen molar-refractivity contribution in [3.63, 3.8) is 0 Å². The standard InChI is InChI=1S/C12H14O2/c1-7-3-4-9-10(5-7)11(13)6-8(2)12(9)14/h3,6,9-10H,4-5H2,1-2H3. The molecule has 0 heterocycles. The van der Waals surface area contributed by atoms with Gasteiger partial charge in [0.2, 0.25) is 0 Å². The van der Waals surface area contributed by atoms with Crippen LogP contribution in [0, 0.1) is 11.8 Å². The van der Waals surface area contributed by atoms with Crippen LogP contribution in [-0.2, 0) is 9.59 Å². The van der Waals surface area contributed by atoms with Crippen molar-refractivity contribution in [1.29, 1.82) is 0 Å². The van der Waals surface area contributed by atoms with Gasteiger partial charge in [-0.3, -0.25) is 9.59 Å². The highest BCUT2D eigenvalue weighted by molar-refractivity contribution is 6.10. The van der Waals surface area contributed by atoms with Gasteiger partial charge in [0.15, 0.2) is 11.6 Å². The number of fused-ring (bicyclic) bond motifs is 1. The van der Waals surface area contributed by atoms with Gasteiger partial charge < -0.3 is 0 Å². The summed E-state index contributed by atoms with van der Waals surface area (Å²) in [4.78, 5) is 23.4. The molecule has 0 amide bonds. The highest BCUT2D eigenvalue weighted by atomic mass is 16.1. The molecule has 0 bridgehead atoms. The molecule has 0 spiro atoms. The van der Waals surface area contributed by atoms with Crippen molar-refractivity contribution in [2.24, 2.45) is 11.8 Å². The van der Waals surface area contributed by atoms with E-state index in [4.69, 9.17) is 0 Å². The lowest BCUT2D eigenvalue weighted by molar-refractivity contribution is -0.129. The van der Waals surface area contributed by atoms with Crippen LogP contribution in [-0.4, -0.2) is 11.6 Å². The zero-order valence-corrected chi connectivity index (χ0v) is 8.54. The second-order valence-electron chi connectivity index (χ2n) is 4.30. The van der Waals surface area contributed by atoms with Crippen molar-refractivity contribution < 1.29 is 9.59 Å². The summed E-state index contributed by atoms with van der Waals surface area (Å²) in [7, 11) is 0. The first kappa shape index (κ1) is 9.38. The summed E-state index contributed by atoms with van der Waals surface area (Å²) in [6.07, 6.45) is 5.11. The van der Waals surface area contributed by atoms with Gasteiger partial charge in [0.05, 0.1) is 0 Å². The van der Waals surface area contributed by atoms with Gasteiger partial charge in [0.25, 0.3) is 0 Å². The average Bonchev–Trinajstić information content (AvgIpc) is 2.14. The minimum absolute atomic E-state index is 0.0730. The fourth-order valence-corrected chi connectivity index (χ4v) is 2.34. The zero-order valence-electron chi connectivity index (χ0n) is 8.54. The zero-order chi connectivity index (χ0) is 10.3. The van der Waals surface area contributed by atoms with E-state index in [1.54, 1.807) is 6.92 Å². The van der Waals surface area contributed by atoms with Crippen LogP contribution in [0.4, 0.5) is 0 Å². The van der Waals surface area contributed by atoms with Crippen LogP contribution in [0.15, 0.2) is 23.3 Å². The molecule has 74 valence electrons. The lowest BCUT2D eigenvalue weighted by Crippen LogP contribution is -2.35. The molecule has 2 unspecified atom stereocenters. The molecule has 0 aromatic rings. The van der Waals surface area contributed by atoms with Crippen LogP contribution in [0.5, 0.6) is 0 Å². The predicted molar refractivity (Wildman–Crippen MR) is 53.7 cm³/mol. The van der Waals surface area contributed by atoms with Gasteiger partial charge in [0, 0.05) is 11.8 Å². The molecule has 2 aliphatic rings. The average molecular weight is 190 g/mol. The SMILES string of the molecule is CC1=CCC2C(=O)C(C)=CC(=O)C2C1. The van der Waals surface area contributed by atoms with E-state index < -0.39 is 0 Å². The Morgan fingerprint density at radius 1 is 1.21 bits per heavy atom. The van der Waals surface area contributed by atoms with Gasteiger partial charge in [-0.2, -0.15) is 0 Å². The highest BCUT2D eigenvalue weighted by Gasteiger charge is 2.38. The van der Waals surface area contributed by atoms with E-state index in [-0.39, 0.29) is 23.4 Å². The molecular formula is C12H14O2. The van der Waals surface area contributed by atoms with Crippen LogP contribution in [0.3, 0.4) is 0 Å². The largest absolute Gasteiger partial charge is 0.294 e. The number of allylic oxidation sites excluding steroid dienone is 4. The molecule has 2 heteroatoms. The summed E-state index contributed by atoms with van der Waals surface area (Å²) in [6.45, 7) is 3.76. The molecule has 0 aliphatic heterocycles. The van der Waals surface area contributed by atoms with Crippen LogP contribution in [0.1, 0.15) is 26.7 Å². The van der Waals surface area contributed by atoms with Crippen LogP contribution >= 0.6 is 0 Å². The second-order valence-corrected chi connectivity index (χ2v) is 4.30. The van der Waals surface area contributed by atoms with Gasteiger partial charge in [0.1, 0.15) is 0 Å². The van der Waals surface area contributed by atoms with Crippen LogP contribution in [0.25, 0.3) is 0 Å². The van der Waals surface area contributed by atoms with Crippen molar-refractivity contribution in [2.75, 3.05) is 0 Å². The summed E-state index contributed by atoms with van der Waals surface area (Å²) < 4.78 is 0. The number of carbonyl (C=O) groups excluding carboxylic acids is 2. The highest BCUT2D eigenvalue weighted by Crippen LogP contribution is 2.35. The Morgan fingerprint density at radius 3 is 2.64 bits per heavy atom. The molecule has 0 aromatic carbocycles. The number of ketones is 2. The maximum atomic E-state index is 11.8. The van der Waals surface area contributed by atoms with Gasteiger partial charge >= 0.3 is 0 Å². The van der Waals surface area contributed by atoms with Crippen molar-refractivity contribution in [1.82, 2.24) is 0 Å². The smallest absolute Gasteiger partial charge is 0.162 e. The topological polar surface area (TPSA) is 34.1 Å². The molecule has 2 atom stereocenters. The number of Topliss-reactive ketones (excluding diaryl/α,β-unsaturated/α-hetero) is 1. The van der Waals surface area contributed by atoms with Gasteiger partial charge in [-0.05, 0) is 38.3 Å². The Balaban J connectivity index is 2.36. The molecule has 0 N–H and O–H groups in total. The third-order valence-corrected chi connectivity index (χ3v) is 3.20. The van der Waals surface area contributed by atoms with Crippen molar-refractivity contribution >= 4 is 11.6 Å². The third-order valence-electron chi connectivity index (χ3n) is 3.20. The van der Waals surface area contributed by atoms with E-state index >= 15 is 0 Å². The van der Waals surface area contributed by atoms with Crippen molar-refractivity contribution in [2.45, 2.75) is 26.7 Å². The minimum Gasteiger partial charge on any atom is -0.294 e. The fraction of sp³-hybridized carbons (Fsp3) is 0.500. The molecule has 14 heavy (non-hydrogen) atoms. The van der Waals surface area contributed by atoms with E-state index in [2.05, 4.69) is 6.08 Å². The Morgan fingerprint density at radius 2 is 1.93 bits per heavy atom. The second kappa shape index (κ2) is 3.19. The summed E-state index contributed by atoms with van der Waals surface area (Å²) in [6, 6.07) is 0. The fourth-order valence-electron chi connectivity index (χ4n) is 2.34. The monoisotopic (exact) mass is 190 g/mol.